The predicted octanol–water partition coefficient (Wildman–Crippen LogP) is 5.84. The number of benzene rings is 3. The zero-order valence-corrected chi connectivity index (χ0v) is 22.5. The Morgan fingerprint density at radius 3 is 2.21 bits per heavy atom. The summed E-state index contributed by atoms with van der Waals surface area (Å²) in [5, 5.41) is 0. The molecule has 0 amide bonds. The molecule has 0 N–H and O–H groups in total. The minimum Gasteiger partial charge on any atom is -0.493 e. The van der Waals surface area contributed by atoms with Gasteiger partial charge in [-0.2, -0.15) is 0 Å². The van der Waals surface area contributed by atoms with E-state index in [1.807, 2.05) is 30.3 Å². The molecule has 0 saturated heterocycles. The Bertz CT molecular complexity index is 1350. The van der Waals surface area contributed by atoms with Crippen molar-refractivity contribution >= 4 is 5.97 Å². The van der Waals surface area contributed by atoms with Gasteiger partial charge in [-0.15, -0.1) is 0 Å². The molecule has 2 aliphatic rings. The molecule has 0 fully saturated rings. The van der Waals surface area contributed by atoms with Crippen LogP contribution in [0.4, 0.5) is 0 Å². The first kappa shape index (κ1) is 25.6. The highest BCUT2D eigenvalue weighted by Gasteiger charge is 2.39. The molecule has 0 spiro atoms. The first-order valence-corrected chi connectivity index (χ1v) is 12.5. The number of carbonyl (C=O) groups excluding carboxylic acids is 1. The molecule has 0 saturated carbocycles. The number of carbonyl (C=O) groups is 1. The second-order valence-electron chi connectivity index (χ2n) is 9.52. The lowest BCUT2D eigenvalue weighted by Gasteiger charge is -2.35. The van der Waals surface area contributed by atoms with Gasteiger partial charge in [-0.3, -0.25) is 0 Å². The van der Waals surface area contributed by atoms with E-state index in [2.05, 4.69) is 13.8 Å². The maximum absolute atomic E-state index is 13.4. The summed E-state index contributed by atoms with van der Waals surface area (Å²) in [6.07, 6.45) is 0.0597. The first-order valence-electron chi connectivity index (χ1n) is 12.5. The standard InChI is InChI=1S/C30H32O8/c1-16-12-19-13-22-27(37-15-36-22)28(34-5)23(19)24-20(14-21(32-3)26(33-4)29(24)35-6)25(17(16)2)38-30(31)18-10-8-7-9-11-18/h7-11,13-14,16-17,25H,12,15H2,1-6H3/t16-,17-,25?/m0/s1. The van der Waals surface area contributed by atoms with Gasteiger partial charge in [0.1, 0.15) is 6.10 Å². The minimum absolute atomic E-state index is 0.0613. The van der Waals surface area contributed by atoms with E-state index < -0.39 is 12.1 Å². The highest BCUT2D eigenvalue weighted by Crippen LogP contribution is 2.58. The number of methoxy groups -OCH3 is 4. The van der Waals surface area contributed by atoms with E-state index in [4.69, 9.17) is 33.2 Å². The molecule has 3 aromatic carbocycles. The van der Waals surface area contributed by atoms with Gasteiger partial charge in [0.15, 0.2) is 23.0 Å². The Morgan fingerprint density at radius 1 is 0.842 bits per heavy atom. The summed E-state index contributed by atoms with van der Waals surface area (Å²) >= 11 is 0. The van der Waals surface area contributed by atoms with Crippen molar-refractivity contribution in [3.63, 3.8) is 0 Å². The fourth-order valence-electron chi connectivity index (χ4n) is 5.39. The van der Waals surface area contributed by atoms with Crippen molar-refractivity contribution in [3.8, 4) is 45.6 Å². The number of ether oxygens (including phenoxy) is 7. The molecule has 3 atom stereocenters. The van der Waals surface area contributed by atoms with Crippen molar-refractivity contribution in [2.45, 2.75) is 26.4 Å². The maximum Gasteiger partial charge on any atom is 0.338 e. The van der Waals surface area contributed by atoms with Crippen molar-refractivity contribution in [2.75, 3.05) is 35.2 Å². The van der Waals surface area contributed by atoms with E-state index in [-0.39, 0.29) is 18.6 Å². The maximum atomic E-state index is 13.4. The van der Waals surface area contributed by atoms with Gasteiger partial charge in [0, 0.05) is 22.6 Å². The molecule has 0 radical (unpaired) electrons. The van der Waals surface area contributed by atoms with Crippen LogP contribution in [-0.4, -0.2) is 41.2 Å². The average Bonchev–Trinajstić information content (AvgIpc) is 3.41. The molecule has 0 bridgehead atoms. The number of esters is 1. The van der Waals surface area contributed by atoms with Crippen LogP contribution in [0.2, 0.25) is 0 Å². The molecule has 1 aliphatic carbocycles. The lowest BCUT2D eigenvalue weighted by molar-refractivity contribution is 0.00698. The third-order valence-corrected chi connectivity index (χ3v) is 7.48. The van der Waals surface area contributed by atoms with Crippen LogP contribution in [0.5, 0.6) is 34.5 Å². The van der Waals surface area contributed by atoms with Gasteiger partial charge in [0.2, 0.25) is 18.3 Å². The summed E-state index contributed by atoms with van der Waals surface area (Å²) in [5.74, 6) is 2.67. The summed E-state index contributed by atoms with van der Waals surface area (Å²) in [6, 6.07) is 12.8. The van der Waals surface area contributed by atoms with Gasteiger partial charge in [-0.1, -0.05) is 32.0 Å². The van der Waals surface area contributed by atoms with E-state index in [1.54, 1.807) is 40.6 Å². The smallest absolute Gasteiger partial charge is 0.338 e. The minimum atomic E-state index is -0.621. The van der Waals surface area contributed by atoms with Gasteiger partial charge in [0.05, 0.1) is 34.0 Å². The molecule has 0 aromatic heterocycles. The molecule has 1 heterocycles. The molecule has 1 unspecified atom stereocenters. The van der Waals surface area contributed by atoms with Crippen LogP contribution in [0.25, 0.3) is 11.1 Å². The zero-order valence-electron chi connectivity index (χ0n) is 22.5. The Hall–Kier alpha value is -4.07. The number of hydrogen-bond donors (Lipinski definition) is 0. The quantitative estimate of drug-likeness (QED) is 0.375. The molecule has 8 heteroatoms. The van der Waals surface area contributed by atoms with E-state index in [0.29, 0.717) is 52.0 Å². The summed E-state index contributed by atoms with van der Waals surface area (Å²) in [6.45, 7) is 4.35. The lowest BCUT2D eigenvalue weighted by Crippen LogP contribution is -2.27. The van der Waals surface area contributed by atoms with Crippen LogP contribution >= 0.6 is 0 Å². The number of rotatable bonds is 6. The van der Waals surface area contributed by atoms with Gasteiger partial charge < -0.3 is 33.2 Å². The van der Waals surface area contributed by atoms with Crippen molar-refractivity contribution in [2.24, 2.45) is 11.8 Å². The highest BCUT2D eigenvalue weighted by atomic mass is 16.7. The van der Waals surface area contributed by atoms with Crippen LogP contribution in [-0.2, 0) is 11.2 Å². The Balaban J connectivity index is 1.83. The summed E-state index contributed by atoms with van der Waals surface area (Å²) in [5.41, 5.74) is 3.68. The van der Waals surface area contributed by atoms with Gasteiger partial charge in [0.25, 0.3) is 0 Å². The fraction of sp³-hybridized carbons (Fsp3) is 0.367. The third kappa shape index (κ3) is 4.14. The summed E-state index contributed by atoms with van der Waals surface area (Å²) in [7, 11) is 6.30. The van der Waals surface area contributed by atoms with Crippen LogP contribution in [0.15, 0.2) is 42.5 Å². The van der Waals surface area contributed by atoms with Crippen molar-refractivity contribution in [1.29, 1.82) is 0 Å². The largest absolute Gasteiger partial charge is 0.493 e. The molecular weight excluding hydrogens is 488 g/mol. The van der Waals surface area contributed by atoms with E-state index >= 15 is 0 Å². The zero-order chi connectivity index (χ0) is 27.0. The van der Waals surface area contributed by atoms with Gasteiger partial charge >= 0.3 is 5.97 Å². The Labute approximate surface area is 222 Å². The molecule has 200 valence electrons. The van der Waals surface area contributed by atoms with Crippen LogP contribution in [0.1, 0.15) is 41.4 Å². The lowest BCUT2D eigenvalue weighted by atomic mass is 9.75. The average molecular weight is 521 g/mol. The molecule has 3 aromatic rings. The van der Waals surface area contributed by atoms with Crippen molar-refractivity contribution in [3.05, 3.63) is 59.2 Å². The second kappa shape index (κ2) is 10.4. The monoisotopic (exact) mass is 520 g/mol. The van der Waals surface area contributed by atoms with Gasteiger partial charge in [-0.25, -0.2) is 4.79 Å². The summed E-state index contributed by atoms with van der Waals surface area (Å²) in [4.78, 5) is 13.4. The Kier molecular flexibility index (Phi) is 6.97. The predicted molar refractivity (Wildman–Crippen MR) is 141 cm³/mol. The molecule has 8 nitrogen and oxygen atoms in total. The third-order valence-electron chi connectivity index (χ3n) is 7.48. The van der Waals surface area contributed by atoms with Gasteiger partial charge in [-0.05, 0) is 42.2 Å². The van der Waals surface area contributed by atoms with E-state index in [0.717, 1.165) is 16.7 Å². The van der Waals surface area contributed by atoms with Crippen LogP contribution in [0.3, 0.4) is 0 Å². The molecule has 38 heavy (non-hydrogen) atoms. The molecule has 1 aliphatic heterocycles. The summed E-state index contributed by atoms with van der Waals surface area (Å²) < 4.78 is 41.2. The van der Waals surface area contributed by atoms with E-state index in [1.165, 1.54) is 0 Å². The van der Waals surface area contributed by atoms with Crippen LogP contribution in [0, 0.1) is 11.8 Å². The highest BCUT2D eigenvalue weighted by molar-refractivity contribution is 5.91. The topological polar surface area (TPSA) is 81.7 Å². The number of fused-ring (bicyclic) bond motifs is 4. The molecular formula is C30H32O8. The van der Waals surface area contributed by atoms with Crippen molar-refractivity contribution in [1.82, 2.24) is 0 Å². The fourth-order valence-corrected chi connectivity index (χ4v) is 5.39. The SMILES string of the molecule is COc1cc2c(c(OC)c1OC)-c1c(cc3c(c1OC)OCO3)C[C@H](C)[C@H](C)C2OC(=O)c1ccccc1. The van der Waals surface area contributed by atoms with Crippen LogP contribution < -0.4 is 28.4 Å². The second-order valence-corrected chi connectivity index (χ2v) is 9.52. The Morgan fingerprint density at radius 2 is 1.55 bits per heavy atom. The number of hydrogen-bond acceptors (Lipinski definition) is 8. The van der Waals surface area contributed by atoms with Crippen molar-refractivity contribution < 1.29 is 38.0 Å². The normalized spacial score (nSPS) is 19.4. The van der Waals surface area contributed by atoms with E-state index in [9.17, 15) is 4.79 Å². The first-order chi connectivity index (χ1) is 18.4. The molecule has 5 rings (SSSR count).